The molecule has 1 aromatic heterocycles. The van der Waals surface area contributed by atoms with Crippen LogP contribution >= 0.6 is 0 Å². The number of hydrogen-bond acceptors (Lipinski definition) is 1. The van der Waals surface area contributed by atoms with Gasteiger partial charge in [-0.05, 0) is 42.0 Å². The summed E-state index contributed by atoms with van der Waals surface area (Å²) in [5.74, 6) is 0.619. The van der Waals surface area contributed by atoms with E-state index in [4.69, 9.17) is 5.11 Å². The van der Waals surface area contributed by atoms with E-state index in [0.717, 1.165) is 12.1 Å². The fourth-order valence-corrected chi connectivity index (χ4v) is 3.00. The van der Waals surface area contributed by atoms with E-state index in [1.54, 1.807) is 0 Å². The highest BCUT2D eigenvalue weighted by molar-refractivity contribution is 5.32. The number of aryl methyl sites for hydroxylation is 1. The first kappa shape index (κ1) is 11.5. The minimum atomic E-state index is 0.133. The molecule has 94 valence electrons. The first-order chi connectivity index (χ1) is 8.86. The molecule has 1 atom stereocenters. The molecule has 0 radical (unpaired) electrons. The average molecular weight is 241 g/mol. The van der Waals surface area contributed by atoms with Gasteiger partial charge in [0, 0.05) is 24.9 Å². The molecule has 1 N–H and O–H groups in total. The Bertz CT molecular complexity index is 529. The van der Waals surface area contributed by atoms with Crippen LogP contribution in [0.1, 0.15) is 35.4 Å². The molecule has 0 aliphatic heterocycles. The van der Waals surface area contributed by atoms with Crippen LogP contribution in [0, 0.1) is 0 Å². The van der Waals surface area contributed by atoms with Crippen LogP contribution in [0.3, 0.4) is 0 Å². The van der Waals surface area contributed by atoms with Gasteiger partial charge in [0.15, 0.2) is 0 Å². The average Bonchev–Trinajstić information content (AvgIpc) is 2.87. The zero-order valence-electron chi connectivity index (χ0n) is 10.5. The molecule has 2 aromatic rings. The second-order valence-corrected chi connectivity index (χ2v) is 5.16. The van der Waals surface area contributed by atoms with Crippen LogP contribution in [0.2, 0.25) is 0 Å². The molecule has 0 fully saturated rings. The van der Waals surface area contributed by atoms with Crippen molar-refractivity contribution in [2.45, 2.75) is 38.3 Å². The normalized spacial score (nSPS) is 18.6. The summed E-state index contributed by atoms with van der Waals surface area (Å²) >= 11 is 0. The monoisotopic (exact) mass is 241 g/mol. The van der Waals surface area contributed by atoms with Crippen LogP contribution in [-0.4, -0.2) is 9.67 Å². The summed E-state index contributed by atoms with van der Waals surface area (Å²) in [6.07, 6.45) is 7.90. The predicted molar refractivity (Wildman–Crippen MR) is 72.5 cm³/mol. The van der Waals surface area contributed by atoms with Gasteiger partial charge in [-0.1, -0.05) is 24.3 Å². The van der Waals surface area contributed by atoms with Crippen molar-refractivity contribution in [3.8, 4) is 0 Å². The van der Waals surface area contributed by atoms with Gasteiger partial charge in [0.1, 0.15) is 0 Å². The lowest BCUT2D eigenvalue weighted by Gasteiger charge is -2.25. The lowest BCUT2D eigenvalue weighted by molar-refractivity contribution is 0.281. The number of aliphatic hydroxyl groups is 1. The number of rotatable bonds is 3. The van der Waals surface area contributed by atoms with Gasteiger partial charge in [-0.2, -0.15) is 0 Å². The molecule has 1 aliphatic rings. The third-order valence-electron chi connectivity index (χ3n) is 3.92. The van der Waals surface area contributed by atoms with E-state index in [9.17, 15) is 0 Å². The number of benzene rings is 1. The maximum atomic E-state index is 9.10. The lowest BCUT2D eigenvalue weighted by Crippen LogP contribution is -2.14. The fraction of sp³-hybridized carbons (Fsp3) is 0.375. The molecule has 0 amide bonds. The number of aromatic nitrogens is 1. The van der Waals surface area contributed by atoms with Crippen LogP contribution in [0.5, 0.6) is 0 Å². The van der Waals surface area contributed by atoms with Gasteiger partial charge in [0.05, 0.1) is 6.61 Å². The summed E-state index contributed by atoms with van der Waals surface area (Å²) in [6, 6.07) is 10.8. The van der Waals surface area contributed by atoms with Gasteiger partial charge in [-0.25, -0.2) is 0 Å². The van der Waals surface area contributed by atoms with Gasteiger partial charge < -0.3 is 9.67 Å². The van der Waals surface area contributed by atoms with Crippen molar-refractivity contribution in [2.24, 2.45) is 0 Å². The van der Waals surface area contributed by atoms with Crippen molar-refractivity contribution >= 4 is 0 Å². The van der Waals surface area contributed by atoms with Crippen LogP contribution < -0.4 is 0 Å². The van der Waals surface area contributed by atoms with E-state index in [1.165, 1.54) is 30.4 Å². The second kappa shape index (κ2) is 4.99. The second-order valence-electron chi connectivity index (χ2n) is 5.16. The molecule has 1 aromatic carbocycles. The molecule has 0 spiro atoms. The highest BCUT2D eigenvalue weighted by Crippen LogP contribution is 2.32. The summed E-state index contributed by atoms with van der Waals surface area (Å²) in [5.41, 5.74) is 4.03. The third kappa shape index (κ3) is 2.21. The summed E-state index contributed by atoms with van der Waals surface area (Å²) < 4.78 is 2.21. The van der Waals surface area contributed by atoms with Gasteiger partial charge in [0.2, 0.25) is 0 Å². The Morgan fingerprint density at radius 2 is 2.11 bits per heavy atom. The van der Waals surface area contributed by atoms with Gasteiger partial charge >= 0.3 is 0 Å². The topological polar surface area (TPSA) is 25.2 Å². The molecule has 18 heavy (non-hydrogen) atoms. The Morgan fingerprint density at radius 1 is 1.22 bits per heavy atom. The summed E-state index contributed by atoms with van der Waals surface area (Å²) in [6.45, 7) is 1.16. The predicted octanol–water partition coefficient (Wildman–Crippen LogP) is 3.10. The zero-order chi connectivity index (χ0) is 12.4. The molecule has 2 heteroatoms. The van der Waals surface area contributed by atoms with Crippen molar-refractivity contribution in [3.05, 3.63) is 59.4 Å². The van der Waals surface area contributed by atoms with E-state index < -0.39 is 0 Å². The van der Waals surface area contributed by atoms with Crippen LogP contribution in [0.15, 0.2) is 42.7 Å². The van der Waals surface area contributed by atoms with Gasteiger partial charge in [-0.15, -0.1) is 0 Å². The molecule has 0 saturated carbocycles. The SMILES string of the molecule is OCc1ccn(CC2CCCc3ccccc32)c1. The molecule has 0 saturated heterocycles. The Labute approximate surface area is 108 Å². The van der Waals surface area contributed by atoms with Crippen LogP contribution in [0.4, 0.5) is 0 Å². The molecule has 2 nitrogen and oxygen atoms in total. The fourth-order valence-electron chi connectivity index (χ4n) is 3.00. The summed E-state index contributed by atoms with van der Waals surface area (Å²) in [5, 5.41) is 9.10. The van der Waals surface area contributed by atoms with E-state index in [-0.39, 0.29) is 6.61 Å². The van der Waals surface area contributed by atoms with E-state index >= 15 is 0 Å². The Morgan fingerprint density at radius 3 is 2.94 bits per heavy atom. The number of fused-ring (bicyclic) bond motifs is 1. The minimum Gasteiger partial charge on any atom is -0.392 e. The van der Waals surface area contributed by atoms with Gasteiger partial charge in [0.25, 0.3) is 0 Å². The highest BCUT2D eigenvalue weighted by atomic mass is 16.3. The maximum Gasteiger partial charge on any atom is 0.0696 e. The van der Waals surface area contributed by atoms with Crippen molar-refractivity contribution in [3.63, 3.8) is 0 Å². The number of aliphatic hydroxyl groups excluding tert-OH is 1. The largest absolute Gasteiger partial charge is 0.392 e. The smallest absolute Gasteiger partial charge is 0.0696 e. The minimum absolute atomic E-state index is 0.133. The van der Waals surface area contributed by atoms with Crippen molar-refractivity contribution in [1.29, 1.82) is 0 Å². The standard InChI is InChI=1S/C16H19NO/c18-12-13-8-9-17(10-13)11-15-6-3-5-14-4-1-2-7-16(14)15/h1-2,4,7-10,15,18H,3,5-6,11-12H2. The molecule has 0 bridgehead atoms. The quantitative estimate of drug-likeness (QED) is 0.877. The molecule has 3 rings (SSSR count). The van der Waals surface area contributed by atoms with Crippen molar-refractivity contribution in [2.75, 3.05) is 0 Å². The van der Waals surface area contributed by atoms with Crippen molar-refractivity contribution < 1.29 is 5.11 Å². The van der Waals surface area contributed by atoms with E-state index in [1.807, 2.05) is 6.07 Å². The molecule has 1 unspecified atom stereocenters. The van der Waals surface area contributed by atoms with E-state index in [0.29, 0.717) is 5.92 Å². The first-order valence-electron chi connectivity index (χ1n) is 6.70. The summed E-state index contributed by atoms with van der Waals surface area (Å²) in [7, 11) is 0. The highest BCUT2D eigenvalue weighted by Gasteiger charge is 2.19. The molecule has 1 heterocycles. The van der Waals surface area contributed by atoms with Crippen LogP contribution in [-0.2, 0) is 19.6 Å². The first-order valence-corrected chi connectivity index (χ1v) is 6.70. The Hall–Kier alpha value is -1.54. The molecule has 1 aliphatic carbocycles. The number of nitrogens with zero attached hydrogens (tertiary/aromatic N) is 1. The van der Waals surface area contributed by atoms with Crippen molar-refractivity contribution in [1.82, 2.24) is 4.57 Å². The zero-order valence-corrected chi connectivity index (χ0v) is 10.5. The van der Waals surface area contributed by atoms with Gasteiger partial charge in [-0.3, -0.25) is 0 Å². The molecular weight excluding hydrogens is 222 g/mol. The van der Waals surface area contributed by atoms with Crippen LogP contribution in [0.25, 0.3) is 0 Å². The third-order valence-corrected chi connectivity index (χ3v) is 3.92. The van der Waals surface area contributed by atoms with E-state index in [2.05, 4.69) is 41.2 Å². The maximum absolute atomic E-state index is 9.10. The Kier molecular flexibility index (Phi) is 3.20. The lowest BCUT2D eigenvalue weighted by atomic mass is 9.83. The number of hydrogen-bond donors (Lipinski definition) is 1. The summed E-state index contributed by atoms with van der Waals surface area (Å²) in [4.78, 5) is 0. The Balaban J connectivity index is 1.81. The molecular formula is C16H19NO.